The molecule has 1 aromatic rings. The molecule has 0 unspecified atom stereocenters. The van der Waals surface area contributed by atoms with Gasteiger partial charge in [0.15, 0.2) is 0 Å². The number of benzene rings is 1. The number of amides is 2. The van der Waals surface area contributed by atoms with E-state index in [0.29, 0.717) is 17.2 Å². The number of rotatable bonds is 5. The zero-order chi connectivity index (χ0) is 15.2. The lowest BCUT2D eigenvalue weighted by atomic mass is 9.99. The van der Waals surface area contributed by atoms with Crippen LogP contribution in [-0.2, 0) is 9.59 Å². The van der Waals surface area contributed by atoms with E-state index in [1.807, 2.05) is 12.1 Å². The largest absolute Gasteiger partial charge is 0.273 e. The maximum Gasteiger partial charge on any atom is 0.248 e. The summed E-state index contributed by atoms with van der Waals surface area (Å²) in [7, 11) is 0. The Hall–Kier alpha value is -2.21. The lowest BCUT2D eigenvalue weighted by Crippen LogP contribution is -2.25. The van der Waals surface area contributed by atoms with Crippen molar-refractivity contribution in [2.45, 2.75) is 19.8 Å². The predicted octanol–water partition coefficient (Wildman–Crippen LogP) is 1.69. The summed E-state index contributed by atoms with van der Waals surface area (Å²) in [5.41, 5.74) is 6.22. The Labute approximate surface area is 127 Å². The molecule has 1 aliphatic heterocycles. The van der Waals surface area contributed by atoms with Crippen LogP contribution in [0.4, 0.5) is 0 Å². The molecule has 0 aromatic heterocycles. The lowest BCUT2D eigenvalue weighted by molar-refractivity contribution is -0.123. The first-order valence-corrected chi connectivity index (χ1v) is 6.86. The first kappa shape index (κ1) is 15.2. The van der Waals surface area contributed by atoms with Crippen LogP contribution < -0.4 is 10.9 Å². The smallest absolute Gasteiger partial charge is 0.248 e. The SMILES string of the molecule is CC1=NNC(=O)[C@@H]1CCC(=O)N/N=C/c1ccccc1Cl. The number of nitrogens with zero attached hydrogens (tertiary/aromatic N) is 2. The Morgan fingerprint density at radius 1 is 1.52 bits per heavy atom. The van der Waals surface area contributed by atoms with Gasteiger partial charge in [-0.1, -0.05) is 29.8 Å². The molecule has 0 fully saturated rings. The van der Waals surface area contributed by atoms with Gasteiger partial charge in [0, 0.05) is 22.7 Å². The molecule has 0 spiro atoms. The Morgan fingerprint density at radius 2 is 2.29 bits per heavy atom. The molecule has 2 rings (SSSR count). The van der Waals surface area contributed by atoms with E-state index in [-0.39, 0.29) is 24.2 Å². The number of carbonyl (C=O) groups is 2. The molecule has 6 nitrogen and oxygen atoms in total. The van der Waals surface area contributed by atoms with Gasteiger partial charge in [0.05, 0.1) is 12.1 Å². The third-order valence-corrected chi connectivity index (χ3v) is 3.47. The summed E-state index contributed by atoms with van der Waals surface area (Å²) in [6, 6.07) is 7.18. The Kier molecular flexibility index (Phi) is 5.05. The van der Waals surface area contributed by atoms with Crippen molar-refractivity contribution in [3.8, 4) is 0 Å². The van der Waals surface area contributed by atoms with Crippen LogP contribution in [0.15, 0.2) is 34.5 Å². The highest BCUT2D eigenvalue weighted by Gasteiger charge is 2.26. The van der Waals surface area contributed by atoms with Gasteiger partial charge in [-0.15, -0.1) is 0 Å². The number of carbonyl (C=O) groups excluding carboxylic acids is 2. The minimum absolute atomic E-state index is 0.167. The van der Waals surface area contributed by atoms with Gasteiger partial charge in [0.2, 0.25) is 11.8 Å². The molecule has 21 heavy (non-hydrogen) atoms. The molecule has 1 aromatic carbocycles. The number of hydrogen-bond donors (Lipinski definition) is 2. The van der Waals surface area contributed by atoms with Gasteiger partial charge in [0.1, 0.15) is 0 Å². The average molecular weight is 307 g/mol. The molecule has 2 amide bonds. The second-order valence-electron chi connectivity index (χ2n) is 4.64. The third kappa shape index (κ3) is 4.13. The summed E-state index contributed by atoms with van der Waals surface area (Å²) >= 11 is 5.96. The van der Waals surface area contributed by atoms with Crippen molar-refractivity contribution in [1.29, 1.82) is 0 Å². The number of hydrogen-bond acceptors (Lipinski definition) is 4. The molecule has 7 heteroatoms. The highest BCUT2D eigenvalue weighted by molar-refractivity contribution is 6.33. The van der Waals surface area contributed by atoms with Crippen LogP contribution in [0.25, 0.3) is 0 Å². The van der Waals surface area contributed by atoms with Crippen LogP contribution in [-0.4, -0.2) is 23.7 Å². The van der Waals surface area contributed by atoms with Crippen molar-refractivity contribution in [2.75, 3.05) is 0 Å². The minimum atomic E-state index is -0.330. The van der Waals surface area contributed by atoms with Crippen molar-refractivity contribution < 1.29 is 9.59 Å². The fraction of sp³-hybridized carbons (Fsp3) is 0.286. The van der Waals surface area contributed by atoms with Gasteiger partial charge in [-0.2, -0.15) is 10.2 Å². The minimum Gasteiger partial charge on any atom is -0.273 e. The first-order chi connectivity index (χ1) is 10.1. The van der Waals surface area contributed by atoms with E-state index < -0.39 is 0 Å². The monoisotopic (exact) mass is 306 g/mol. The fourth-order valence-corrected chi connectivity index (χ4v) is 2.10. The third-order valence-electron chi connectivity index (χ3n) is 3.12. The van der Waals surface area contributed by atoms with Crippen molar-refractivity contribution in [3.05, 3.63) is 34.9 Å². The van der Waals surface area contributed by atoms with Gasteiger partial charge in [-0.05, 0) is 19.4 Å². The molecule has 0 saturated carbocycles. The van der Waals surface area contributed by atoms with Crippen LogP contribution in [0.1, 0.15) is 25.3 Å². The summed E-state index contributed by atoms with van der Waals surface area (Å²) in [5.74, 6) is -0.756. The summed E-state index contributed by atoms with van der Waals surface area (Å²) in [6.45, 7) is 1.76. The maximum absolute atomic E-state index is 11.7. The summed E-state index contributed by atoms with van der Waals surface area (Å²) in [4.78, 5) is 23.1. The highest BCUT2D eigenvalue weighted by Crippen LogP contribution is 2.14. The molecular formula is C14H15ClN4O2. The number of hydrazone groups is 2. The van der Waals surface area contributed by atoms with Gasteiger partial charge < -0.3 is 0 Å². The summed E-state index contributed by atoms with van der Waals surface area (Å²) in [5, 5.41) is 8.24. The molecule has 2 N–H and O–H groups in total. The number of nitrogens with one attached hydrogen (secondary N) is 2. The van der Waals surface area contributed by atoms with E-state index in [1.165, 1.54) is 6.21 Å². The quantitative estimate of drug-likeness (QED) is 0.641. The van der Waals surface area contributed by atoms with E-state index >= 15 is 0 Å². The number of halogens is 1. The van der Waals surface area contributed by atoms with Crippen molar-refractivity contribution in [3.63, 3.8) is 0 Å². The molecular weight excluding hydrogens is 292 g/mol. The zero-order valence-corrected chi connectivity index (χ0v) is 12.2. The van der Waals surface area contributed by atoms with Crippen molar-refractivity contribution in [1.82, 2.24) is 10.9 Å². The normalized spacial score (nSPS) is 17.7. The van der Waals surface area contributed by atoms with Crippen molar-refractivity contribution >= 4 is 35.3 Å². The molecule has 0 radical (unpaired) electrons. The molecule has 1 heterocycles. The Balaban J connectivity index is 1.79. The van der Waals surface area contributed by atoms with Gasteiger partial charge >= 0.3 is 0 Å². The van der Waals surface area contributed by atoms with Crippen LogP contribution in [0.3, 0.4) is 0 Å². The van der Waals surface area contributed by atoms with Gasteiger partial charge in [-0.25, -0.2) is 10.9 Å². The van der Waals surface area contributed by atoms with Gasteiger partial charge in [-0.3, -0.25) is 9.59 Å². The molecule has 0 bridgehead atoms. The van der Waals surface area contributed by atoms with E-state index in [0.717, 1.165) is 5.56 Å². The van der Waals surface area contributed by atoms with Crippen LogP contribution >= 0.6 is 11.6 Å². The second-order valence-corrected chi connectivity index (χ2v) is 5.04. The molecule has 1 atom stereocenters. The molecule has 110 valence electrons. The average Bonchev–Trinajstić information content (AvgIpc) is 2.78. The van der Waals surface area contributed by atoms with Gasteiger partial charge in [0.25, 0.3) is 0 Å². The first-order valence-electron chi connectivity index (χ1n) is 6.48. The maximum atomic E-state index is 11.7. The van der Waals surface area contributed by atoms with Crippen LogP contribution in [0.2, 0.25) is 5.02 Å². The summed E-state index contributed by atoms with van der Waals surface area (Å²) < 4.78 is 0. The second kappa shape index (κ2) is 6.99. The van der Waals surface area contributed by atoms with E-state index in [4.69, 9.17) is 11.6 Å². The highest BCUT2D eigenvalue weighted by atomic mass is 35.5. The van der Waals surface area contributed by atoms with Crippen molar-refractivity contribution in [2.24, 2.45) is 16.1 Å². The Bertz CT molecular complexity index is 613. The lowest BCUT2D eigenvalue weighted by Gasteiger charge is -2.06. The van der Waals surface area contributed by atoms with E-state index in [2.05, 4.69) is 21.1 Å². The fourth-order valence-electron chi connectivity index (χ4n) is 1.91. The predicted molar refractivity (Wildman–Crippen MR) is 81.2 cm³/mol. The molecule has 0 aliphatic carbocycles. The topological polar surface area (TPSA) is 82.9 Å². The zero-order valence-electron chi connectivity index (χ0n) is 11.5. The van der Waals surface area contributed by atoms with E-state index in [9.17, 15) is 9.59 Å². The van der Waals surface area contributed by atoms with Crippen LogP contribution in [0, 0.1) is 5.92 Å². The Morgan fingerprint density at radius 3 is 2.95 bits per heavy atom. The molecule has 1 aliphatic rings. The van der Waals surface area contributed by atoms with Crippen LogP contribution in [0.5, 0.6) is 0 Å². The molecule has 0 saturated heterocycles. The summed E-state index contributed by atoms with van der Waals surface area (Å²) in [6.07, 6.45) is 2.09. The standard InChI is InChI=1S/C14H15ClN4O2/c1-9-11(14(21)19-17-9)6-7-13(20)18-16-8-10-4-2-3-5-12(10)15/h2-5,8,11H,6-7H2,1H3,(H,18,20)(H,19,21)/b16-8+/t11-/m1/s1. The van der Waals surface area contributed by atoms with E-state index in [1.54, 1.807) is 19.1 Å².